The number of rotatable bonds is 6. The van der Waals surface area contributed by atoms with Gasteiger partial charge in [0.2, 0.25) is 0 Å². The molecule has 0 saturated carbocycles. The van der Waals surface area contributed by atoms with Crippen LogP contribution in [-0.2, 0) is 6.42 Å². The Morgan fingerprint density at radius 3 is 2.28 bits per heavy atom. The molecule has 1 heterocycles. The van der Waals surface area contributed by atoms with Crippen LogP contribution in [0.2, 0.25) is 0 Å². The summed E-state index contributed by atoms with van der Waals surface area (Å²) < 4.78 is 5.58. The van der Waals surface area contributed by atoms with Crippen molar-refractivity contribution in [3.63, 3.8) is 0 Å². The van der Waals surface area contributed by atoms with Gasteiger partial charge in [0.05, 0.1) is 12.8 Å². The molecule has 1 aliphatic rings. The molecule has 0 radical (unpaired) electrons. The SMILES string of the molecule is COc1ccccc1N1CCN(C(Cc2cccc(C)c2)c2ccccc2)CC1. The number of hydrogen-bond donors (Lipinski definition) is 0. The van der Waals surface area contributed by atoms with Gasteiger partial charge in [0.25, 0.3) is 0 Å². The summed E-state index contributed by atoms with van der Waals surface area (Å²) in [6.07, 6.45) is 1.04. The van der Waals surface area contributed by atoms with Gasteiger partial charge in [-0.25, -0.2) is 0 Å². The van der Waals surface area contributed by atoms with Crippen LogP contribution in [0, 0.1) is 6.92 Å². The van der Waals surface area contributed by atoms with Gasteiger partial charge >= 0.3 is 0 Å². The zero-order chi connectivity index (χ0) is 20.1. The van der Waals surface area contributed by atoms with Crippen LogP contribution in [0.25, 0.3) is 0 Å². The molecule has 3 aromatic carbocycles. The van der Waals surface area contributed by atoms with Crippen molar-refractivity contribution in [1.82, 2.24) is 4.90 Å². The first-order valence-corrected chi connectivity index (χ1v) is 10.5. The fourth-order valence-corrected chi connectivity index (χ4v) is 4.36. The van der Waals surface area contributed by atoms with Crippen molar-refractivity contribution in [2.45, 2.75) is 19.4 Å². The van der Waals surface area contributed by atoms with Crippen LogP contribution in [0.15, 0.2) is 78.9 Å². The molecule has 4 rings (SSSR count). The van der Waals surface area contributed by atoms with Crippen LogP contribution in [0.5, 0.6) is 5.75 Å². The van der Waals surface area contributed by atoms with Crippen molar-refractivity contribution in [1.29, 1.82) is 0 Å². The number of methoxy groups -OCH3 is 1. The fourth-order valence-electron chi connectivity index (χ4n) is 4.36. The zero-order valence-electron chi connectivity index (χ0n) is 17.4. The van der Waals surface area contributed by atoms with Crippen LogP contribution >= 0.6 is 0 Å². The van der Waals surface area contributed by atoms with E-state index in [4.69, 9.17) is 4.74 Å². The van der Waals surface area contributed by atoms with E-state index in [2.05, 4.69) is 83.5 Å². The maximum absolute atomic E-state index is 5.58. The van der Waals surface area contributed by atoms with Gasteiger partial charge in [0.15, 0.2) is 0 Å². The second kappa shape index (κ2) is 9.15. The van der Waals surface area contributed by atoms with Crippen LogP contribution < -0.4 is 9.64 Å². The minimum atomic E-state index is 0.401. The van der Waals surface area contributed by atoms with E-state index in [1.165, 1.54) is 22.4 Å². The molecular weight excluding hydrogens is 356 g/mol. The van der Waals surface area contributed by atoms with Crippen molar-refractivity contribution in [3.8, 4) is 5.75 Å². The van der Waals surface area contributed by atoms with Crippen molar-refractivity contribution < 1.29 is 4.74 Å². The number of piperazine rings is 1. The summed E-state index contributed by atoms with van der Waals surface area (Å²) in [6, 6.07) is 28.6. The van der Waals surface area contributed by atoms with E-state index in [-0.39, 0.29) is 0 Å². The predicted molar refractivity (Wildman–Crippen MR) is 121 cm³/mol. The molecule has 1 saturated heterocycles. The monoisotopic (exact) mass is 386 g/mol. The van der Waals surface area contributed by atoms with Gasteiger partial charge in [-0.3, -0.25) is 4.90 Å². The molecule has 1 atom stereocenters. The average molecular weight is 387 g/mol. The Morgan fingerprint density at radius 1 is 0.828 bits per heavy atom. The van der Waals surface area contributed by atoms with Gasteiger partial charge in [0.1, 0.15) is 5.75 Å². The van der Waals surface area contributed by atoms with Gasteiger partial charge in [-0.05, 0) is 36.6 Å². The minimum Gasteiger partial charge on any atom is -0.495 e. The van der Waals surface area contributed by atoms with E-state index in [9.17, 15) is 0 Å². The molecule has 0 bridgehead atoms. The fraction of sp³-hybridized carbons (Fsp3) is 0.308. The predicted octanol–water partition coefficient (Wildman–Crippen LogP) is 5.11. The van der Waals surface area contributed by atoms with Gasteiger partial charge in [0, 0.05) is 32.2 Å². The van der Waals surface area contributed by atoms with Crippen molar-refractivity contribution >= 4 is 5.69 Å². The number of para-hydroxylation sites is 2. The summed E-state index contributed by atoms with van der Waals surface area (Å²) in [6.45, 7) is 6.29. The quantitative estimate of drug-likeness (QED) is 0.585. The van der Waals surface area contributed by atoms with E-state index in [0.29, 0.717) is 6.04 Å². The number of ether oxygens (including phenoxy) is 1. The summed E-state index contributed by atoms with van der Waals surface area (Å²) in [4.78, 5) is 5.09. The van der Waals surface area contributed by atoms with Crippen molar-refractivity contribution in [3.05, 3.63) is 95.6 Å². The number of anilines is 1. The van der Waals surface area contributed by atoms with E-state index in [1.54, 1.807) is 7.11 Å². The van der Waals surface area contributed by atoms with Crippen LogP contribution in [0.1, 0.15) is 22.7 Å². The molecule has 1 unspecified atom stereocenters. The average Bonchev–Trinajstić information content (AvgIpc) is 2.78. The smallest absolute Gasteiger partial charge is 0.142 e. The highest BCUT2D eigenvalue weighted by Gasteiger charge is 2.26. The molecule has 29 heavy (non-hydrogen) atoms. The summed E-state index contributed by atoms with van der Waals surface area (Å²) in [5, 5.41) is 0. The van der Waals surface area contributed by atoms with E-state index < -0.39 is 0 Å². The standard InChI is InChI=1S/C26H30N2O/c1-21-9-8-10-22(19-21)20-25(23-11-4-3-5-12-23)28-17-15-27(16-18-28)24-13-6-7-14-26(24)29-2/h3-14,19,25H,15-18,20H2,1-2H3. The lowest BCUT2D eigenvalue weighted by Gasteiger charge is -2.41. The van der Waals surface area contributed by atoms with Gasteiger partial charge < -0.3 is 9.64 Å². The Hall–Kier alpha value is -2.78. The minimum absolute atomic E-state index is 0.401. The first kappa shape index (κ1) is 19.5. The van der Waals surface area contributed by atoms with Gasteiger partial charge in [-0.1, -0.05) is 72.3 Å². The summed E-state index contributed by atoms with van der Waals surface area (Å²) in [7, 11) is 1.75. The molecular formula is C26H30N2O. The maximum Gasteiger partial charge on any atom is 0.142 e. The first-order chi connectivity index (χ1) is 14.2. The molecule has 3 heteroatoms. The molecule has 0 spiro atoms. The zero-order valence-corrected chi connectivity index (χ0v) is 17.4. The topological polar surface area (TPSA) is 15.7 Å². The third kappa shape index (κ3) is 4.63. The molecule has 0 amide bonds. The number of nitrogens with zero attached hydrogens (tertiary/aromatic N) is 2. The molecule has 0 aliphatic carbocycles. The van der Waals surface area contributed by atoms with E-state index in [0.717, 1.165) is 38.3 Å². The van der Waals surface area contributed by atoms with Crippen LogP contribution in [0.3, 0.4) is 0 Å². The van der Waals surface area contributed by atoms with Crippen LogP contribution in [-0.4, -0.2) is 38.2 Å². The molecule has 0 N–H and O–H groups in total. The lowest BCUT2D eigenvalue weighted by molar-refractivity contribution is 0.184. The lowest BCUT2D eigenvalue weighted by atomic mass is 9.96. The highest BCUT2D eigenvalue weighted by atomic mass is 16.5. The van der Waals surface area contributed by atoms with Crippen molar-refractivity contribution in [2.24, 2.45) is 0 Å². The maximum atomic E-state index is 5.58. The third-order valence-corrected chi connectivity index (χ3v) is 5.88. The number of aryl methyl sites for hydroxylation is 1. The Kier molecular flexibility index (Phi) is 6.16. The molecule has 3 aromatic rings. The van der Waals surface area contributed by atoms with Crippen molar-refractivity contribution in [2.75, 3.05) is 38.2 Å². The summed E-state index contributed by atoms with van der Waals surface area (Å²) in [5.41, 5.74) is 5.34. The van der Waals surface area contributed by atoms with E-state index in [1.807, 2.05) is 12.1 Å². The number of hydrogen-bond acceptors (Lipinski definition) is 3. The van der Waals surface area contributed by atoms with Crippen LogP contribution in [0.4, 0.5) is 5.69 Å². The Labute approximate surface area is 174 Å². The molecule has 0 aromatic heterocycles. The molecule has 150 valence electrons. The Morgan fingerprint density at radius 2 is 1.55 bits per heavy atom. The number of benzene rings is 3. The highest BCUT2D eigenvalue weighted by molar-refractivity contribution is 5.58. The second-order valence-electron chi connectivity index (χ2n) is 7.81. The molecule has 1 aliphatic heterocycles. The molecule has 1 fully saturated rings. The summed E-state index contributed by atoms with van der Waals surface area (Å²) >= 11 is 0. The largest absolute Gasteiger partial charge is 0.495 e. The third-order valence-electron chi connectivity index (χ3n) is 5.88. The Balaban J connectivity index is 1.52. The summed E-state index contributed by atoms with van der Waals surface area (Å²) in [5.74, 6) is 0.959. The second-order valence-corrected chi connectivity index (χ2v) is 7.81. The van der Waals surface area contributed by atoms with E-state index >= 15 is 0 Å². The Bertz CT molecular complexity index is 917. The first-order valence-electron chi connectivity index (χ1n) is 10.5. The van der Waals surface area contributed by atoms with Gasteiger partial charge in [-0.15, -0.1) is 0 Å². The normalized spacial score (nSPS) is 15.9. The lowest BCUT2D eigenvalue weighted by Crippen LogP contribution is -2.48. The highest BCUT2D eigenvalue weighted by Crippen LogP contribution is 2.31. The molecule has 3 nitrogen and oxygen atoms in total. The van der Waals surface area contributed by atoms with Gasteiger partial charge in [-0.2, -0.15) is 0 Å².